The maximum absolute atomic E-state index is 7.75. The molecular weight excluding hydrogens is 388 g/mol. The predicted octanol–water partition coefficient (Wildman–Crippen LogP) is 3.08. The van der Waals surface area contributed by atoms with Gasteiger partial charge in [0.2, 0.25) is 0 Å². The van der Waals surface area contributed by atoms with Crippen molar-refractivity contribution in [1.29, 1.82) is 0 Å². The van der Waals surface area contributed by atoms with Crippen LogP contribution in [0.25, 0.3) is 0 Å². The van der Waals surface area contributed by atoms with Crippen molar-refractivity contribution in [3.63, 3.8) is 0 Å². The first kappa shape index (κ1) is 21.4. The van der Waals surface area contributed by atoms with Gasteiger partial charge in [-0.3, -0.25) is 6.79 Å². The van der Waals surface area contributed by atoms with Crippen molar-refractivity contribution >= 4 is 30.6 Å². The third kappa shape index (κ3) is 5.83. The Morgan fingerprint density at radius 2 is 0.739 bits per heavy atom. The number of benzene rings is 3. The molecule has 3 aromatic carbocycles. The second-order valence-electron chi connectivity index (χ2n) is 4.47. The Morgan fingerprint density at radius 3 is 0.957 bits per heavy atom. The summed E-state index contributed by atoms with van der Waals surface area (Å²) < 4.78 is 0. The standard InChI is InChI=1S/C18H15P.CHO.CH3.Ru.H/c1-4-10-16(11-5-1)19(17-12-6-2-7-13-17)18-14-8-3-9-15-18;1-2;;;/h1-15H;1H;1H3;;/q;2*-1;+2;/p+1. The van der Waals surface area contributed by atoms with Crippen molar-refractivity contribution in [3.8, 4) is 0 Å². The third-order valence-corrected chi connectivity index (χ3v) is 5.92. The zero-order chi connectivity index (χ0) is 14.9. The summed E-state index contributed by atoms with van der Waals surface area (Å²) in [5.41, 5.74) is 0. The van der Waals surface area contributed by atoms with Gasteiger partial charge in [0, 0.05) is 0 Å². The molecule has 0 heterocycles. The monoisotopic (exact) mass is 410 g/mol. The van der Waals surface area contributed by atoms with Crippen LogP contribution in [0, 0.1) is 7.43 Å². The van der Waals surface area contributed by atoms with Crippen LogP contribution in [0.1, 0.15) is 0 Å². The molecule has 0 saturated carbocycles. The van der Waals surface area contributed by atoms with Crippen molar-refractivity contribution < 1.29 is 24.3 Å². The van der Waals surface area contributed by atoms with E-state index in [1.807, 2.05) is 0 Å². The Bertz CT molecular complexity index is 550. The summed E-state index contributed by atoms with van der Waals surface area (Å²) >= 11 is 0. The number of hydrogen-bond acceptors (Lipinski definition) is 1. The van der Waals surface area contributed by atoms with Crippen LogP contribution in [0.3, 0.4) is 0 Å². The molecule has 3 aromatic rings. The Balaban J connectivity index is 0.00000117. The fraction of sp³-hybridized carbons (Fsp3) is 0. The fourth-order valence-electron chi connectivity index (χ4n) is 2.31. The maximum atomic E-state index is 7.75. The zero-order valence-corrected chi connectivity index (χ0v) is 15.9. The van der Waals surface area contributed by atoms with Crippen molar-refractivity contribution in [3.05, 3.63) is 98.4 Å². The molecule has 0 radical (unpaired) electrons. The molecule has 3 heteroatoms. The summed E-state index contributed by atoms with van der Waals surface area (Å²) in [6, 6.07) is 32.5. The van der Waals surface area contributed by atoms with Gasteiger partial charge >= 0.3 is 19.5 Å². The van der Waals surface area contributed by atoms with E-state index in [0.717, 1.165) is 0 Å². The zero-order valence-electron chi connectivity index (χ0n) is 13.0. The van der Waals surface area contributed by atoms with E-state index < -0.39 is 7.92 Å². The van der Waals surface area contributed by atoms with Crippen LogP contribution in [0.4, 0.5) is 0 Å². The fourth-order valence-corrected chi connectivity index (χ4v) is 4.89. The summed E-state index contributed by atoms with van der Waals surface area (Å²) in [5, 5.41) is 4.31. The summed E-state index contributed by atoms with van der Waals surface area (Å²) in [4.78, 5) is 7.75. The van der Waals surface area contributed by atoms with Crippen molar-refractivity contribution in [2.24, 2.45) is 0 Å². The van der Waals surface area contributed by atoms with E-state index >= 15 is 0 Å². The first-order chi connectivity index (χ1) is 10.4. The molecule has 23 heavy (non-hydrogen) atoms. The molecule has 0 amide bonds. The molecule has 0 unspecified atom stereocenters. The summed E-state index contributed by atoms with van der Waals surface area (Å²) in [6.45, 7) is 3.25. The molecule has 0 aliphatic carbocycles. The van der Waals surface area contributed by atoms with E-state index in [4.69, 9.17) is 4.79 Å². The smallest absolute Gasteiger partial charge is 0.0620 e. The molecule has 0 saturated heterocycles. The van der Waals surface area contributed by atoms with Crippen LogP contribution in [0.2, 0.25) is 0 Å². The first-order valence-electron chi connectivity index (χ1n) is 6.72. The van der Waals surface area contributed by atoms with Gasteiger partial charge in [0.15, 0.2) is 0 Å². The van der Waals surface area contributed by atoms with E-state index in [-0.39, 0.29) is 26.9 Å². The first-order valence-corrected chi connectivity index (χ1v) is 8.22. The third-order valence-electron chi connectivity index (χ3n) is 3.19. The quantitative estimate of drug-likeness (QED) is 0.281. The topological polar surface area (TPSA) is 17.1 Å². The van der Waals surface area contributed by atoms with Crippen LogP contribution in [0.15, 0.2) is 91.0 Å². The molecule has 0 spiro atoms. The Labute approximate surface area is 153 Å². The average molecular weight is 409 g/mol. The van der Waals surface area contributed by atoms with Gasteiger partial charge < -0.3 is 12.2 Å². The van der Waals surface area contributed by atoms with Gasteiger partial charge in [-0.15, -0.1) is 0 Å². The minimum atomic E-state index is -0.877. The van der Waals surface area contributed by atoms with E-state index in [0.29, 0.717) is 0 Å². The van der Waals surface area contributed by atoms with Crippen molar-refractivity contribution in [2.75, 3.05) is 0 Å². The van der Waals surface area contributed by atoms with Crippen molar-refractivity contribution in [2.45, 2.75) is 0 Å². The van der Waals surface area contributed by atoms with Crippen molar-refractivity contribution in [1.82, 2.24) is 0 Å². The van der Waals surface area contributed by atoms with Crippen LogP contribution < -0.4 is 15.9 Å². The van der Waals surface area contributed by atoms with Gasteiger partial charge in [-0.25, -0.2) is 0 Å². The Hall–Kier alpha value is -1.62. The molecular formula is C20H21OPRu+. The molecule has 0 aromatic heterocycles. The summed E-state index contributed by atoms with van der Waals surface area (Å²) in [5.74, 6) is 0. The second-order valence-corrected chi connectivity index (χ2v) is 6.96. The normalized spacial score (nSPS) is 8.91. The SMILES string of the molecule is [CH-]=O.[CH3-].[RuH+2].c1ccc([PH+](c2ccccc2)c2ccccc2)cc1. The molecule has 0 aliphatic rings. The second kappa shape index (κ2) is 11.9. The van der Waals surface area contributed by atoms with Gasteiger partial charge in [0.1, 0.15) is 15.9 Å². The molecule has 119 valence electrons. The van der Waals surface area contributed by atoms with Crippen LogP contribution in [-0.4, -0.2) is 6.79 Å². The maximum Gasteiger partial charge on any atom is 0.102 e. The van der Waals surface area contributed by atoms with E-state index in [2.05, 4.69) is 97.8 Å². The van der Waals surface area contributed by atoms with Gasteiger partial charge in [-0.1, -0.05) is 54.6 Å². The molecule has 0 bridgehead atoms. The van der Waals surface area contributed by atoms with Gasteiger partial charge in [0.05, 0.1) is 7.92 Å². The Morgan fingerprint density at radius 1 is 0.522 bits per heavy atom. The van der Waals surface area contributed by atoms with Gasteiger partial charge in [-0.05, 0) is 36.4 Å². The molecule has 3 rings (SSSR count). The number of rotatable bonds is 3. The summed E-state index contributed by atoms with van der Waals surface area (Å²) in [6.07, 6.45) is 0. The van der Waals surface area contributed by atoms with Crippen LogP contribution in [-0.2, 0) is 24.3 Å². The van der Waals surface area contributed by atoms with Crippen LogP contribution in [0.5, 0.6) is 0 Å². The van der Waals surface area contributed by atoms with E-state index in [9.17, 15) is 0 Å². The molecule has 0 atom stereocenters. The molecule has 0 N–H and O–H groups in total. The average Bonchev–Trinajstić information content (AvgIpc) is 2.60. The minimum Gasteiger partial charge on any atom is -0.0620 e. The van der Waals surface area contributed by atoms with E-state index in [1.54, 1.807) is 0 Å². The largest absolute Gasteiger partial charge is 0.102 e. The van der Waals surface area contributed by atoms with Gasteiger partial charge in [-0.2, -0.15) is 0 Å². The minimum absolute atomic E-state index is 0. The molecule has 1 nitrogen and oxygen atoms in total. The summed E-state index contributed by atoms with van der Waals surface area (Å²) in [7, 11) is -0.877. The van der Waals surface area contributed by atoms with Crippen LogP contribution >= 0.6 is 7.92 Å². The van der Waals surface area contributed by atoms with Gasteiger partial charge in [0.25, 0.3) is 0 Å². The van der Waals surface area contributed by atoms with E-state index in [1.165, 1.54) is 15.9 Å². The number of hydrogen-bond donors (Lipinski definition) is 0. The molecule has 0 aliphatic heterocycles. The Kier molecular flexibility index (Phi) is 11.1. The molecule has 0 fully saturated rings. The predicted molar refractivity (Wildman–Crippen MR) is 101 cm³/mol. The number of carbonyl (C=O) groups excluding carboxylic acids is 1.